The standard InChI is InChI=1S/C23H25ClN4O3S/c1-16-7-5-9-21(11-16)27(32(4,30)31)15-23(29)26-25-14-19-12-17(2)28(18(19)3)22-10-6-8-20(24)13-22/h5-14H,15H2,1-4H3,(H,26,29)/b25-14+. The Hall–Kier alpha value is -3.10. The van der Waals surface area contributed by atoms with E-state index < -0.39 is 15.9 Å². The molecule has 1 amide bonds. The van der Waals surface area contributed by atoms with E-state index in [0.29, 0.717) is 10.7 Å². The quantitative estimate of drug-likeness (QED) is 0.417. The zero-order valence-corrected chi connectivity index (χ0v) is 19.9. The van der Waals surface area contributed by atoms with Crippen LogP contribution in [0.15, 0.2) is 59.7 Å². The number of nitrogens with zero attached hydrogens (tertiary/aromatic N) is 3. The van der Waals surface area contributed by atoms with Gasteiger partial charge in [-0.3, -0.25) is 9.10 Å². The van der Waals surface area contributed by atoms with E-state index in [9.17, 15) is 13.2 Å². The molecular weight excluding hydrogens is 448 g/mol. The minimum Gasteiger partial charge on any atom is -0.318 e. The van der Waals surface area contributed by atoms with Crippen LogP contribution in [0, 0.1) is 20.8 Å². The van der Waals surface area contributed by atoms with E-state index in [0.717, 1.165) is 38.8 Å². The van der Waals surface area contributed by atoms with Crippen LogP contribution in [0.1, 0.15) is 22.5 Å². The van der Waals surface area contributed by atoms with Gasteiger partial charge >= 0.3 is 0 Å². The van der Waals surface area contributed by atoms with Crippen LogP contribution < -0.4 is 9.73 Å². The van der Waals surface area contributed by atoms with E-state index >= 15 is 0 Å². The molecule has 1 heterocycles. The third-order valence-electron chi connectivity index (χ3n) is 4.91. The van der Waals surface area contributed by atoms with E-state index in [1.807, 2.05) is 61.7 Å². The van der Waals surface area contributed by atoms with Crippen LogP contribution in [0.3, 0.4) is 0 Å². The average molecular weight is 473 g/mol. The van der Waals surface area contributed by atoms with Gasteiger partial charge in [-0.2, -0.15) is 5.10 Å². The van der Waals surface area contributed by atoms with Crippen LogP contribution in [0.2, 0.25) is 5.02 Å². The Bertz CT molecular complexity index is 1280. The van der Waals surface area contributed by atoms with E-state index in [-0.39, 0.29) is 6.54 Å². The molecule has 0 fully saturated rings. The number of sulfonamides is 1. The molecule has 0 aliphatic rings. The third-order valence-corrected chi connectivity index (χ3v) is 6.28. The second-order valence-corrected chi connectivity index (χ2v) is 9.89. The summed E-state index contributed by atoms with van der Waals surface area (Å²) in [7, 11) is -3.64. The summed E-state index contributed by atoms with van der Waals surface area (Å²) in [5.41, 5.74) is 7.40. The van der Waals surface area contributed by atoms with Gasteiger partial charge in [0.2, 0.25) is 10.0 Å². The van der Waals surface area contributed by atoms with Crippen molar-refractivity contribution in [1.29, 1.82) is 0 Å². The van der Waals surface area contributed by atoms with Gasteiger partial charge in [-0.15, -0.1) is 0 Å². The van der Waals surface area contributed by atoms with Crippen LogP contribution >= 0.6 is 11.6 Å². The summed E-state index contributed by atoms with van der Waals surface area (Å²) >= 11 is 6.12. The smallest absolute Gasteiger partial charge is 0.260 e. The Morgan fingerprint density at radius 3 is 2.50 bits per heavy atom. The number of carbonyl (C=O) groups excluding carboxylic acids is 1. The highest BCUT2D eigenvalue weighted by atomic mass is 35.5. The van der Waals surface area contributed by atoms with Gasteiger partial charge in [0.25, 0.3) is 5.91 Å². The number of halogens is 1. The molecule has 0 aliphatic carbocycles. The summed E-state index contributed by atoms with van der Waals surface area (Å²) in [6, 6.07) is 16.4. The number of benzene rings is 2. The highest BCUT2D eigenvalue weighted by Crippen LogP contribution is 2.22. The van der Waals surface area contributed by atoms with Crippen molar-refractivity contribution >= 4 is 39.4 Å². The fourth-order valence-electron chi connectivity index (χ4n) is 3.45. The van der Waals surface area contributed by atoms with Crippen molar-refractivity contribution in [2.45, 2.75) is 20.8 Å². The summed E-state index contributed by atoms with van der Waals surface area (Å²) in [5.74, 6) is -0.545. The zero-order valence-electron chi connectivity index (χ0n) is 18.3. The molecule has 3 rings (SSSR count). The Balaban J connectivity index is 1.74. The van der Waals surface area contributed by atoms with Crippen molar-refractivity contribution < 1.29 is 13.2 Å². The number of carbonyl (C=O) groups is 1. The normalized spacial score (nSPS) is 11.7. The average Bonchev–Trinajstić information content (AvgIpc) is 2.98. The Morgan fingerprint density at radius 1 is 1.12 bits per heavy atom. The Kier molecular flexibility index (Phi) is 7.06. The molecule has 0 aliphatic heterocycles. The topological polar surface area (TPSA) is 83.8 Å². The molecule has 0 unspecified atom stereocenters. The maximum absolute atomic E-state index is 12.4. The number of nitrogens with one attached hydrogen (secondary N) is 1. The molecular formula is C23H25ClN4O3S. The number of hydrogen-bond acceptors (Lipinski definition) is 4. The molecule has 0 bridgehead atoms. The SMILES string of the molecule is Cc1cccc(N(CC(=O)N/N=C/c2cc(C)n(-c3cccc(Cl)c3)c2C)S(C)(=O)=O)c1. The van der Waals surface area contributed by atoms with Crippen LogP contribution in [-0.2, 0) is 14.8 Å². The number of hydrazone groups is 1. The molecule has 3 aromatic rings. The Morgan fingerprint density at radius 2 is 1.84 bits per heavy atom. The largest absolute Gasteiger partial charge is 0.318 e. The maximum atomic E-state index is 12.4. The van der Waals surface area contributed by atoms with Crippen LogP contribution in [0.25, 0.3) is 5.69 Å². The van der Waals surface area contributed by atoms with Gasteiger partial charge in [0.1, 0.15) is 6.54 Å². The molecule has 1 N–H and O–H groups in total. The lowest BCUT2D eigenvalue weighted by Crippen LogP contribution is -2.39. The lowest BCUT2D eigenvalue weighted by atomic mass is 10.2. The molecule has 0 saturated carbocycles. The fraction of sp³-hybridized carbons (Fsp3) is 0.217. The number of aryl methyl sites for hydroxylation is 2. The third kappa shape index (κ3) is 5.57. The van der Waals surface area contributed by atoms with Gasteiger partial charge in [0.05, 0.1) is 18.2 Å². The predicted molar refractivity (Wildman–Crippen MR) is 129 cm³/mol. The number of hydrogen-bond donors (Lipinski definition) is 1. The van der Waals surface area contributed by atoms with Crippen molar-refractivity contribution in [3.05, 3.63) is 82.1 Å². The first-order valence-corrected chi connectivity index (χ1v) is 12.1. The summed E-state index contributed by atoms with van der Waals surface area (Å²) in [5, 5.41) is 4.67. The lowest BCUT2D eigenvalue weighted by molar-refractivity contribution is -0.119. The minimum atomic E-state index is -3.64. The summed E-state index contributed by atoms with van der Waals surface area (Å²) in [6.07, 6.45) is 2.61. The van der Waals surface area contributed by atoms with Gasteiger partial charge in [0, 0.05) is 27.7 Å². The van der Waals surface area contributed by atoms with E-state index in [1.165, 1.54) is 0 Å². The predicted octanol–water partition coefficient (Wildman–Crippen LogP) is 3.97. The lowest BCUT2D eigenvalue weighted by Gasteiger charge is -2.21. The molecule has 9 heteroatoms. The van der Waals surface area contributed by atoms with Crippen LogP contribution in [0.4, 0.5) is 5.69 Å². The van der Waals surface area contributed by atoms with Gasteiger partial charge in [-0.05, 0) is 62.7 Å². The second kappa shape index (κ2) is 9.58. The molecule has 168 valence electrons. The summed E-state index contributed by atoms with van der Waals surface area (Å²) in [6.45, 7) is 5.39. The first-order valence-electron chi connectivity index (χ1n) is 9.87. The van der Waals surface area contributed by atoms with Gasteiger partial charge in [0.15, 0.2) is 0 Å². The van der Waals surface area contributed by atoms with Crippen molar-refractivity contribution in [1.82, 2.24) is 9.99 Å². The van der Waals surface area contributed by atoms with Gasteiger partial charge in [-0.1, -0.05) is 29.8 Å². The van der Waals surface area contributed by atoms with Gasteiger partial charge < -0.3 is 4.57 Å². The highest BCUT2D eigenvalue weighted by molar-refractivity contribution is 7.92. The first-order chi connectivity index (χ1) is 15.1. The molecule has 7 nitrogen and oxygen atoms in total. The number of amides is 1. The number of anilines is 1. The van der Waals surface area contributed by atoms with Crippen LogP contribution in [-0.4, -0.2) is 37.9 Å². The highest BCUT2D eigenvalue weighted by Gasteiger charge is 2.20. The number of aromatic nitrogens is 1. The van der Waals surface area contributed by atoms with Crippen molar-refractivity contribution in [3.8, 4) is 5.69 Å². The molecule has 0 spiro atoms. The van der Waals surface area contributed by atoms with E-state index in [2.05, 4.69) is 10.5 Å². The van der Waals surface area contributed by atoms with Crippen molar-refractivity contribution in [3.63, 3.8) is 0 Å². The van der Waals surface area contributed by atoms with Crippen molar-refractivity contribution in [2.24, 2.45) is 5.10 Å². The first kappa shape index (κ1) is 23.6. The molecule has 0 atom stereocenters. The molecule has 32 heavy (non-hydrogen) atoms. The zero-order chi connectivity index (χ0) is 23.5. The van der Waals surface area contributed by atoms with E-state index in [1.54, 1.807) is 24.4 Å². The molecule has 1 aromatic heterocycles. The molecule has 0 radical (unpaired) electrons. The maximum Gasteiger partial charge on any atom is 0.260 e. The second-order valence-electron chi connectivity index (χ2n) is 7.54. The van der Waals surface area contributed by atoms with E-state index in [4.69, 9.17) is 11.6 Å². The summed E-state index contributed by atoms with van der Waals surface area (Å²) < 4.78 is 27.5. The summed E-state index contributed by atoms with van der Waals surface area (Å²) in [4.78, 5) is 12.4. The monoisotopic (exact) mass is 472 g/mol. The Labute approximate surface area is 193 Å². The fourth-order valence-corrected chi connectivity index (χ4v) is 4.49. The van der Waals surface area contributed by atoms with Gasteiger partial charge in [-0.25, -0.2) is 13.8 Å². The van der Waals surface area contributed by atoms with Crippen LogP contribution in [0.5, 0.6) is 0 Å². The number of rotatable bonds is 7. The van der Waals surface area contributed by atoms with Crippen molar-refractivity contribution in [2.75, 3.05) is 17.1 Å². The minimum absolute atomic E-state index is 0.374. The molecule has 0 saturated heterocycles. The molecule has 2 aromatic carbocycles.